The summed E-state index contributed by atoms with van der Waals surface area (Å²) in [5.74, 6) is 0.735. The Hall–Kier alpha value is -2.83. The molecule has 2 saturated heterocycles. The lowest BCUT2D eigenvalue weighted by Gasteiger charge is -2.25. The molecule has 4 rings (SSSR count). The van der Waals surface area contributed by atoms with E-state index in [9.17, 15) is 4.79 Å². The number of alkyl carbamates (subject to hydrolysis) is 1. The standard InChI is InChI=1S/C20H25N5O2/c1-24(2)16-6-4-15(5-7-16)17-8-11-21-18(23-17)25-12-3-9-20(10-13-25)14-22-19(26)27-20/h4-8,11H,3,9-10,12-14H2,1-2H3,(H,22,26). The highest BCUT2D eigenvalue weighted by atomic mass is 16.6. The van der Waals surface area contributed by atoms with Crippen LogP contribution in [0.25, 0.3) is 11.3 Å². The maximum absolute atomic E-state index is 11.5. The molecule has 2 fully saturated rings. The third-order valence-electron chi connectivity index (χ3n) is 5.37. The van der Waals surface area contributed by atoms with Gasteiger partial charge in [0.2, 0.25) is 5.95 Å². The van der Waals surface area contributed by atoms with E-state index >= 15 is 0 Å². The molecule has 1 spiro atoms. The van der Waals surface area contributed by atoms with Gasteiger partial charge in [0.05, 0.1) is 12.2 Å². The van der Waals surface area contributed by atoms with Gasteiger partial charge in [0, 0.05) is 51.1 Å². The van der Waals surface area contributed by atoms with Crippen LogP contribution < -0.4 is 15.1 Å². The average Bonchev–Trinajstić information content (AvgIpc) is 2.92. The molecule has 0 radical (unpaired) electrons. The summed E-state index contributed by atoms with van der Waals surface area (Å²) in [4.78, 5) is 25.0. The predicted molar refractivity (Wildman–Crippen MR) is 105 cm³/mol. The molecule has 0 saturated carbocycles. The highest BCUT2D eigenvalue weighted by molar-refractivity contribution is 5.70. The molecule has 27 heavy (non-hydrogen) atoms. The molecule has 2 aromatic rings. The lowest BCUT2D eigenvalue weighted by molar-refractivity contribution is 0.0473. The second kappa shape index (κ2) is 7.06. The minimum atomic E-state index is -0.370. The summed E-state index contributed by atoms with van der Waals surface area (Å²) < 4.78 is 5.56. The molecule has 7 heteroatoms. The van der Waals surface area contributed by atoms with Crippen molar-refractivity contribution < 1.29 is 9.53 Å². The zero-order chi connectivity index (χ0) is 18.9. The van der Waals surface area contributed by atoms with Crippen LogP contribution in [0.3, 0.4) is 0 Å². The largest absolute Gasteiger partial charge is 0.441 e. The number of nitrogens with zero attached hydrogens (tertiary/aromatic N) is 4. The normalized spacial score (nSPS) is 22.3. The topological polar surface area (TPSA) is 70.6 Å². The van der Waals surface area contributed by atoms with Crippen LogP contribution in [0.2, 0.25) is 0 Å². The van der Waals surface area contributed by atoms with Crippen molar-refractivity contribution in [2.24, 2.45) is 0 Å². The van der Waals surface area contributed by atoms with Gasteiger partial charge in [-0.1, -0.05) is 12.1 Å². The van der Waals surface area contributed by atoms with Crippen LogP contribution in [-0.4, -0.2) is 55.4 Å². The van der Waals surface area contributed by atoms with Crippen molar-refractivity contribution >= 4 is 17.7 Å². The van der Waals surface area contributed by atoms with E-state index in [1.54, 1.807) is 0 Å². The van der Waals surface area contributed by atoms with Gasteiger partial charge < -0.3 is 19.9 Å². The number of aromatic nitrogens is 2. The third kappa shape index (κ3) is 3.67. The molecule has 1 aromatic carbocycles. The first-order chi connectivity index (χ1) is 13.0. The Bertz CT molecular complexity index is 823. The number of benzene rings is 1. The molecule has 2 aliphatic rings. The van der Waals surface area contributed by atoms with Gasteiger partial charge in [0.1, 0.15) is 5.60 Å². The van der Waals surface area contributed by atoms with Crippen LogP contribution in [0.1, 0.15) is 19.3 Å². The molecule has 3 heterocycles. The van der Waals surface area contributed by atoms with Crippen LogP contribution in [0.5, 0.6) is 0 Å². The van der Waals surface area contributed by atoms with Crippen molar-refractivity contribution in [1.82, 2.24) is 15.3 Å². The second-order valence-electron chi connectivity index (χ2n) is 7.45. The Morgan fingerprint density at radius 1 is 1.15 bits per heavy atom. The SMILES string of the molecule is CN(C)c1ccc(-c2ccnc(N3CCCC4(CC3)CNC(=O)O4)n2)cc1. The van der Waals surface area contributed by atoms with Gasteiger partial charge in [0.25, 0.3) is 0 Å². The van der Waals surface area contributed by atoms with Gasteiger partial charge in [-0.15, -0.1) is 0 Å². The smallest absolute Gasteiger partial charge is 0.407 e. The zero-order valence-electron chi connectivity index (χ0n) is 15.8. The molecular weight excluding hydrogens is 342 g/mol. The summed E-state index contributed by atoms with van der Waals surface area (Å²) in [7, 11) is 4.06. The Morgan fingerprint density at radius 3 is 2.67 bits per heavy atom. The fourth-order valence-corrected chi connectivity index (χ4v) is 3.74. The number of carbonyl (C=O) groups excluding carboxylic acids is 1. The first-order valence-electron chi connectivity index (χ1n) is 9.37. The minimum absolute atomic E-state index is 0.303. The van der Waals surface area contributed by atoms with Crippen molar-refractivity contribution in [1.29, 1.82) is 0 Å². The summed E-state index contributed by atoms with van der Waals surface area (Å²) >= 11 is 0. The number of hydrogen-bond donors (Lipinski definition) is 1. The van der Waals surface area contributed by atoms with E-state index in [2.05, 4.69) is 44.4 Å². The van der Waals surface area contributed by atoms with Gasteiger partial charge in [-0.2, -0.15) is 0 Å². The summed E-state index contributed by atoms with van der Waals surface area (Å²) in [6, 6.07) is 10.3. The van der Waals surface area contributed by atoms with Crippen molar-refractivity contribution in [3.05, 3.63) is 36.5 Å². The number of anilines is 2. The Labute approximate surface area is 159 Å². The average molecular weight is 367 g/mol. The summed E-state index contributed by atoms with van der Waals surface area (Å²) in [5, 5.41) is 2.79. The molecule has 1 unspecified atom stereocenters. The van der Waals surface area contributed by atoms with Crippen LogP contribution in [0.15, 0.2) is 36.5 Å². The van der Waals surface area contributed by atoms with Crippen molar-refractivity contribution in [2.45, 2.75) is 24.9 Å². The van der Waals surface area contributed by atoms with E-state index in [1.807, 2.05) is 26.4 Å². The predicted octanol–water partition coefficient (Wildman–Crippen LogP) is 2.68. The van der Waals surface area contributed by atoms with Crippen LogP contribution >= 0.6 is 0 Å². The highest BCUT2D eigenvalue weighted by Crippen LogP contribution is 2.30. The van der Waals surface area contributed by atoms with Crippen molar-refractivity contribution in [2.75, 3.05) is 43.5 Å². The van der Waals surface area contributed by atoms with Gasteiger partial charge in [-0.05, 0) is 31.0 Å². The van der Waals surface area contributed by atoms with Crippen molar-refractivity contribution in [3.63, 3.8) is 0 Å². The van der Waals surface area contributed by atoms with Gasteiger partial charge in [-0.25, -0.2) is 14.8 Å². The molecule has 142 valence electrons. The fourth-order valence-electron chi connectivity index (χ4n) is 3.74. The third-order valence-corrected chi connectivity index (χ3v) is 5.37. The van der Waals surface area contributed by atoms with Gasteiger partial charge >= 0.3 is 6.09 Å². The van der Waals surface area contributed by atoms with E-state index in [0.717, 1.165) is 55.2 Å². The maximum Gasteiger partial charge on any atom is 0.407 e. The molecule has 1 N–H and O–H groups in total. The summed E-state index contributed by atoms with van der Waals surface area (Å²) in [5.41, 5.74) is 2.78. The van der Waals surface area contributed by atoms with Crippen molar-refractivity contribution in [3.8, 4) is 11.3 Å². The fraction of sp³-hybridized carbons (Fsp3) is 0.450. The quantitative estimate of drug-likeness (QED) is 0.899. The van der Waals surface area contributed by atoms with E-state index < -0.39 is 0 Å². The minimum Gasteiger partial charge on any atom is -0.441 e. The van der Waals surface area contributed by atoms with Crippen LogP contribution in [0.4, 0.5) is 16.4 Å². The Kier molecular flexibility index (Phi) is 4.59. The molecule has 0 bridgehead atoms. The molecule has 1 aromatic heterocycles. The van der Waals surface area contributed by atoms with E-state index in [-0.39, 0.29) is 11.7 Å². The van der Waals surface area contributed by atoms with Gasteiger partial charge in [-0.3, -0.25) is 0 Å². The molecule has 1 amide bonds. The lowest BCUT2D eigenvalue weighted by atomic mass is 9.95. The number of amides is 1. The monoisotopic (exact) mass is 367 g/mol. The second-order valence-corrected chi connectivity index (χ2v) is 7.45. The van der Waals surface area contributed by atoms with Crippen LogP contribution in [-0.2, 0) is 4.74 Å². The number of ether oxygens (including phenoxy) is 1. The number of rotatable bonds is 3. The zero-order valence-corrected chi connectivity index (χ0v) is 15.8. The van der Waals surface area contributed by atoms with E-state index in [4.69, 9.17) is 9.72 Å². The van der Waals surface area contributed by atoms with Gasteiger partial charge in [0.15, 0.2) is 0 Å². The Balaban J connectivity index is 1.51. The van der Waals surface area contributed by atoms with E-state index in [0.29, 0.717) is 6.54 Å². The van der Waals surface area contributed by atoms with E-state index in [1.165, 1.54) is 0 Å². The molecule has 7 nitrogen and oxygen atoms in total. The molecule has 0 aliphatic carbocycles. The maximum atomic E-state index is 11.5. The molecular formula is C20H25N5O2. The molecule has 2 aliphatic heterocycles. The number of nitrogens with one attached hydrogen (secondary N) is 1. The summed E-state index contributed by atoms with van der Waals surface area (Å²) in [6.07, 6.45) is 4.11. The number of carbonyl (C=O) groups is 1. The molecule has 1 atom stereocenters. The van der Waals surface area contributed by atoms with Crippen LogP contribution in [0, 0.1) is 0 Å². The first-order valence-corrected chi connectivity index (χ1v) is 9.37. The lowest BCUT2D eigenvalue weighted by Crippen LogP contribution is -2.35. The number of hydrogen-bond acceptors (Lipinski definition) is 6. The Morgan fingerprint density at radius 2 is 1.96 bits per heavy atom. The summed E-state index contributed by atoms with van der Waals surface area (Å²) in [6.45, 7) is 2.24. The first kappa shape index (κ1) is 17.6. The highest BCUT2D eigenvalue weighted by Gasteiger charge is 2.41.